The molecule has 0 bridgehead atoms. The van der Waals surface area contributed by atoms with E-state index in [0.29, 0.717) is 0 Å². The Hall–Kier alpha value is -1.99. The fraction of sp³-hybridized carbons (Fsp3) is 0.200. The monoisotopic (exact) mass is 255 g/mol. The summed E-state index contributed by atoms with van der Waals surface area (Å²) in [5.41, 5.74) is 0.118. The van der Waals surface area contributed by atoms with Crippen LogP contribution in [0, 0.1) is 0 Å². The molecule has 0 saturated heterocycles. The number of aromatic nitrogens is 2. The standard InChI is InChI=1S/C10H7BF3N2O2/c1-11-16-7-3-2-5(8(17)18)4-6(7)15-9(16)10(12,13)14/h2-4H,1H3,(H,17,18). The number of hydrogen-bond donors (Lipinski definition) is 1. The average Bonchev–Trinajstić information content (AvgIpc) is 2.65. The minimum absolute atomic E-state index is 0.000301. The fourth-order valence-corrected chi connectivity index (χ4v) is 1.69. The van der Waals surface area contributed by atoms with E-state index in [1.165, 1.54) is 26.4 Å². The van der Waals surface area contributed by atoms with Gasteiger partial charge in [-0.05, 0) is 18.2 Å². The Bertz CT molecular complexity index is 621. The van der Waals surface area contributed by atoms with Gasteiger partial charge in [0.1, 0.15) is 0 Å². The number of carbonyl (C=O) groups is 1. The lowest BCUT2D eigenvalue weighted by atomic mass is 9.98. The molecule has 1 aromatic heterocycles. The maximum Gasteiger partial charge on any atom is 0.448 e. The summed E-state index contributed by atoms with van der Waals surface area (Å²) in [6.45, 7) is 1.45. The van der Waals surface area contributed by atoms with Crippen LogP contribution in [0.3, 0.4) is 0 Å². The largest absolute Gasteiger partial charge is 0.478 e. The van der Waals surface area contributed by atoms with Crippen LogP contribution in [0.15, 0.2) is 18.2 Å². The van der Waals surface area contributed by atoms with Crippen LogP contribution < -0.4 is 0 Å². The topological polar surface area (TPSA) is 55.1 Å². The molecule has 18 heavy (non-hydrogen) atoms. The Kier molecular flexibility index (Phi) is 2.80. The normalized spacial score (nSPS) is 11.8. The van der Waals surface area contributed by atoms with Crippen LogP contribution in [-0.2, 0) is 6.18 Å². The van der Waals surface area contributed by atoms with E-state index in [0.717, 1.165) is 10.5 Å². The molecule has 4 nitrogen and oxygen atoms in total. The number of benzene rings is 1. The van der Waals surface area contributed by atoms with Crippen molar-refractivity contribution in [1.29, 1.82) is 0 Å². The van der Waals surface area contributed by atoms with Gasteiger partial charge < -0.3 is 9.58 Å². The van der Waals surface area contributed by atoms with Gasteiger partial charge in [0, 0.05) is 0 Å². The highest BCUT2D eigenvalue weighted by atomic mass is 19.4. The van der Waals surface area contributed by atoms with Crippen molar-refractivity contribution in [3.05, 3.63) is 29.6 Å². The molecule has 1 heterocycles. The Labute approximate surface area is 100 Å². The molecule has 2 aromatic rings. The van der Waals surface area contributed by atoms with Crippen molar-refractivity contribution >= 4 is 24.4 Å². The number of fused-ring (bicyclic) bond motifs is 1. The molecule has 8 heteroatoms. The summed E-state index contributed by atoms with van der Waals surface area (Å²) in [6.07, 6.45) is -4.59. The highest BCUT2D eigenvalue weighted by molar-refractivity contribution is 6.33. The van der Waals surface area contributed by atoms with E-state index in [2.05, 4.69) is 4.98 Å². The number of carboxylic acid groups (broad SMARTS) is 1. The number of rotatable bonds is 2. The molecule has 0 atom stereocenters. The first-order valence-corrected chi connectivity index (χ1v) is 4.96. The Balaban J connectivity index is 2.72. The van der Waals surface area contributed by atoms with Crippen LogP contribution in [0.25, 0.3) is 11.0 Å². The first-order valence-electron chi connectivity index (χ1n) is 4.96. The third-order valence-electron chi connectivity index (χ3n) is 2.45. The highest BCUT2D eigenvalue weighted by Crippen LogP contribution is 2.31. The number of halogens is 3. The Morgan fingerprint density at radius 1 is 1.44 bits per heavy atom. The lowest BCUT2D eigenvalue weighted by Gasteiger charge is -2.08. The average molecular weight is 255 g/mol. The predicted molar refractivity (Wildman–Crippen MR) is 58.7 cm³/mol. The molecule has 0 aliphatic carbocycles. The third-order valence-corrected chi connectivity index (χ3v) is 2.45. The zero-order valence-corrected chi connectivity index (χ0v) is 9.19. The maximum absolute atomic E-state index is 12.7. The molecule has 0 spiro atoms. The SMILES string of the molecule is C[B]n1c(C(F)(F)F)nc2cc(C(=O)O)ccc21. The molecule has 1 aromatic carbocycles. The molecule has 0 aliphatic heterocycles. The van der Waals surface area contributed by atoms with E-state index >= 15 is 0 Å². The molecule has 0 unspecified atom stereocenters. The molecular formula is C10H7BF3N2O2. The minimum atomic E-state index is -4.59. The van der Waals surface area contributed by atoms with Crippen LogP contribution >= 0.6 is 0 Å². The van der Waals surface area contributed by atoms with E-state index in [9.17, 15) is 18.0 Å². The number of alkyl halides is 3. The molecular weight excluding hydrogens is 248 g/mol. The molecule has 2 rings (SSSR count). The number of imidazole rings is 1. The van der Waals surface area contributed by atoms with Crippen molar-refractivity contribution in [2.75, 3.05) is 0 Å². The summed E-state index contributed by atoms with van der Waals surface area (Å²) in [4.78, 5) is 14.2. The van der Waals surface area contributed by atoms with Gasteiger partial charge in [0.05, 0.1) is 16.6 Å². The summed E-state index contributed by atoms with van der Waals surface area (Å²) >= 11 is 0. The van der Waals surface area contributed by atoms with Crippen LogP contribution in [0.5, 0.6) is 0 Å². The van der Waals surface area contributed by atoms with E-state index in [1.54, 1.807) is 0 Å². The van der Waals surface area contributed by atoms with E-state index < -0.39 is 18.0 Å². The Morgan fingerprint density at radius 3 is 2.61 bits per heavy atom. The second-order valence-electron chi connectivity index (χ2n) is 3.57. The molecule has 0 amide bonds. The quantitative estimate of drug-likeness (QED) is 0.837. The van der Waals surface area contributed by atoms with Gasteiger partial charge in [-0.25, -0.2) is 9.78 Å². The predicted octanol–water partition coefficient (Wildman–Crippen LogP) is 2.27. The van der Waals surface area contributed by atoms with Crippen molar-refractivity contribution in [1.82, 2.24) is 9.46 Å². The van der Waals surface area contributed by atoms with Crippen molar-refractivity contribution in [2.45, 2.75) is 13.0 Å². The van der Waals surface area contributed by atoms with Crippen molar-refractivity contribution < 1.29 is 23.1 Å². The summed E-state index contributed by atoms with van der Waals surface area (Å²) in [6, 6.07) is 3.67. The van der Waals surface area contributed by atoms with Crippen LogP contribution in [-0.4, -0.2) is 28.0 Å². The molecule has 1 N–H and O–H groups in total. The van der Waals surface area contributed by atoms with Gasteiger partial charge in [0.2, 0.25) is 5.82 Å². The van der Waals surface area contributed by atoms with Crippen molar-refractivity contribution in [3.63, 3.8) is 0 Å². The Morgan fingerprint density at radius 2 is 2.11 bits per heavy atom. The molecule has 0 aliphatic rings. The maximum atomic E-state index is 12.7. The lowest BCUT2D eigenvalue weighted by molar-refractivity contribution is -0.145. The molecule has 0 fully saturated rings. The zero-order chi connectivity index (χ0) is 13.5. The van der Waals surface area contributed by atoms with Gasteiger partial charge in [0.25, 0.3) is 7.41 Å². The van der Waals surface area contributed by atoms with Crippen molar-refractivity contribution in [3.8, 4) is 0 Å². The van der Waals surface area contributed by atoms with E-state index in [1.807, 2.05) is 0 Å². The van der Waals surface area contributed by atoms with Crippen molar-refractivity contribution in [2.24, 2.45) is 0 Å². The number of carboxylic acids is 1. The van der Waals surface area contributed by atoms with Crippen LogP contribution in [0.4, 0.5) is 13.2 Å². The summed E-state index contributed by atoms with van der Waals surface area (Å²) in [5, 5.41) is 8.77. The van der Waals surface area contributed by atoms with Gasteiger partial charge in [0.15, 0.2) is 0 Å². The molecule has 1 radical (unpaired) electrons. The summed E-state index contributed by atoms with van der Waals surface area (Å²) in [5.74, 6) is -2.27. The first-order chi connectivity index (χ1) is 8.34. The van der Waals surface area contributed by atoms with Gasteiger partial charge >= 0.3 is 12.1 Å². The number of nitrogens with zero attached hydrogens (tertiary/aromatic N) is 2. The fourth-order valence-electron chi connectivity index (χ4n) is 1.69. The number of hydrogen-bond acceptors (Lipinski definition) is 2. The third kappa shape index (κ3) is 1.94. The lowest BCUT2D eigenvalue weighted by Crippen LogP contribution is -2.16. The van der Waals surface area contributed by atoms with E-state index in [-0.39, 0.29) is 16.6 Å². The zero-order valence-electron chi connectivity index (χ0n) is 9.19. The van der Waals surface area contributed by atoms with Gasteiger partial charge in [-0.2, -0.15) is 13.2 Å². The second-order valence-corrected chi connectivity index (χ2v) is 3.57. The smallest absolute Gasteiger partial charge is 0.448 e. The number of aromatic carboxylic acids is 1. The van der Waals surface area contributed by atoms with Crippen LogP contribution in [0.1, 0.15) is 16.2 Å². The highest BCUT2D eigenvalue weighted by Gasteiger charge is 2.37. The van der Waals surface area contributed by atoms with Gasteiger partial charge in [-0.15, -0.1) is 0 Å². The summed E-state index contributed by atoms with van der Waals surface area (Å²) in [7, 11) is 1.23. The second kappa shape index (κ2) is 4.04. The minimum Gasteiger partial charge on any atom is -0.478 e. The van der Waals surface area contributed by atoms with Gasteiger partial charge in [-0.1, -0.05) is 6.82 Å². The van der Waals surface area contributed by atoms with Crippen LogP contribution in [0.2, 0.25) is 6.82 Å². The molecule has 0 saturated carbocycles. The van der Waals surface area contributed by atoms with E-state index in [4.69, 9.17) is 5.11 Å². The van der Waals surface area contributed by atoms with Gasteiger partial charge in [-0.3, -0.25) is 0 Å². The first kappa shape index (κ1) is 12.5. The molecule has 93 valence electrons. The summed E-state index contributed by atoms with van der Waals surface area (Å²) < 4.78 is 39.0.